The Labute approximate surface area is 94.7 Å². The molecule has 0 heterocycles. The van der Waals surface area contributed by atoms with E-state index in [1.54, 1.807) is 0 Å². The van der Waals surface area contributed by atoms with E-state index in [1.165, 1.54) is 0 Å². The minimum atomic E-state index is 0.0407. The molecule has 0 aliphatic heterocycles. The van der Waals surface area contributed by atoms with Crippen molar-refractivity contribution in [2.45, 2.75) is 13.0 Å². The maximum atomic E-state index is 5.58. The SMILES string of the molecule is CC(N)COc1c(Br)cccc1Br. The maximum Gasteiger partial charge on any atom is 0.147 e. The molecule has 1 aromatic carbocycles. The number of rotatable bonds is 3. The van der Waals surface area contributed by atoms with E-state index in [0.717, 1.165) is 14.7 Å². The molecular formula is C9H11Br2NO. The van der Waals surface area contributed by atoms with Gasteiger partial charge in [-0.1, -0.05) is 6.07 Å². The van der Waals surface area contributed by atoms with Crippen molar-refractivity contribution in [3.05, 3.63) is 27.1 Å². The van der Waals surface area contributed by atoms with Gasteiger partial charge in [0.1, 0.15) is 12.4 Å². The summed E-state index contributed by atoms with van der Waals surface area (Å²) in [6.07, 6.45) is 0. The fraction of sp³-hybridized carbons (Fsp3) is 0.333. The molecule has 0 fully saturated rings. The Balaban J connectivity index is 2.75. The molecule has 0 aliphatic rings. The van der Waals surface area contributed by atoms with Crippen molar-refractivity contribution in [1.82, 2.24) is 0 Å². The van der Waals surface area contributed by atoms with E-state index in [-0.39, 0.29) is 6.04 Å². The highest BCUT2D eigenvalue weighted by atomic mass is 79.9. The average molecular weight is 309 g/mol. The number of nitrogens with two attached hydrogens (primary N) is 1. The molecule has 0 amide bonds. The van der Waals surface area contributed by atoms with Crippen LogP contribution in [0.3, 0.4) is 0 Å². The van der Waals surface area contributed by atoms with Crippen LogP contribution in [-0.4, -0.2) is 12.6 Å². The van der Waals surface area contributed by atoms with Crippen LogP contribution in [0.1, 0.15) is 6.92 Å². The van der Waals surface area contributed by atoms with Gasteiger partial charge in [-0.05, 0) is 50.9 Å². The van der Waals surface area contributed by atoms with Gasteiger partial charge in [0.25, 0.3) is 0 Å². The molecule has 2 nitrogen and oxygen atoms in total. The normalized spacial score (nSPS) is 12.6. The summed E-state index contributed by atoms with van der Waals surface area (Å²) in [6, 6.07) is 5.84. The van der Waals surface area contributed by atoms with Crippen molar-refractivity contribution >= 4 is 31.9 Å². The van der Waals surface area contributed by atoms with Crippen LogP contribution in [0.4, 0.5) is 0 Å². The van der Waals surface area contributed by atoms with Gasteiger partial charge >= 0.3 is 0 Å². The fourth-order valence-corrected chi connectivity index (χ4v) is 2.06. The Bertz CT molecular complexity index is 269. The molecule has 1 atom stereocenters. The molecule has 1 rings (SSSR count). The molecule has 0 spiro atoms. The van der Waals surface area contributed by atoms with E-state index in [9.17, 15) is 0 Å². The van der Waals surface area contributed by atoms with E-state index >= 15 is 0 Å². The molecular weight excluding hydrogens is 298 g/mol. The number of halogens is 2. The fourth-order valence-electron chi connectivity index (χ4n) is 0.835. The summed E-state index contributed by atoms with van der Waals surface area (Å²) >= 11 is 6.80. The molecule has 0 saturated heterocycles. The number of ether oxygens (including phenoxy) is 1. The smallest absolute Gasteiger partial charge is 0.147 e. The first-order chi connectivity index (χ1) is 6.11. The highest BCUT2D eigenvalue weighted by molar-refractivity contribution is 9.11. The van der Waals surface area contributed by atoms with E-state index in [1.807, 2.05) is 25.1 Å². The minimum Gasteiger partial charge on any atom is -0.490 e. The van der Waals surface area contributed by atoms with Gasteiger partial charge in [0.05, 0.1) is 8.95 Å². The van der Waals surface area contributed by atoms with Crippen molar-refractivity contribution in [3.8, 4) is 5.75 Å². The van der Waals surface area contributed by atoms with Crippen LogP contribution in [0.15, 0.2) is 27.1 Å². The summed E-state index contributed by atoms with van der Waals surface area (Å²) in [4.78, 5) is 0. The van der Waals surface area contributed by atoms with Crippen LogP contribution in [0, 0.1) is 0 Å². The third kappa shape index (κ3) is 3.29. The molecule has 0 radical (unpaired) electrons. The molecule has 0 saturated carbocycles. The van der Waals surface area contributed by atoms with Gasteiger partial charge in [-0.15, -0.1) is 0 Å². The minimum absolute atomic E-state index is 0.0407. The molecule has 0 aliphatic carbocycles. The second kappa shape index (κ2) is 4.98. The Hall–Kier alpha value is -0.0600. The number of hydrogen-bond donors (Lipinski definition) is 1. The molecule has 72 valence electrons. The number of benzene rings is 1. The highest BCUT2D eigenvalue weighted by Gasteiger charge is 2.06. The predicted octanol–water partition coefficient (Wildman–Crippen LogP) is 2.94. The summed E-state index contributed by atoms with van der Waals surface area (Å²) in [6.45, 7) is 2.42. The van der Waals surface area contributed by atoms with Crippen LogP contribution < -0.4 is 10.5 Å². The van der Waals surface area contributed by atoms with Gasteiger partial charge in [-0.2, -0.15) is 0 Å². The molecule has 1 aromatic rings. The summed E-state index contributed by atoms with van der Waals surface area (Å²) in [5.74, 6) is 0.805. The Morgan fingerprint density at radius 2 is 1.92 bits per heavy atom. The highest BCUT2D eigenvalue weighted by Crippen LogP contribution is 2.32. The standard InChI is InChI=1S/C9H11Br2NO/c1-6(12)5-13-9-7(10)3-2-4-8(9)11/h2-4,6H,5,12H2,1H3. The lowest BCUT2D eigenvalue weighted by Gasteiger charge is -2.11. The first-order valence-corrected chi connectivity index (χ1v) is 5.52. The molecule has 0 aromatic heterocycles. The summed E-state index contributed by atoms with van der Waals surface area (Å²) in [5.41, 5.74) is 5.58. The average Bonchev–Trinajstić information content (AvgIpc) is 2.03. The van der Waals surface area contributed by atoms with Crippen LogP contribution in [0.5, 0.6) is 5.75 Å². The van der Waals surface area contributed by atoms with Crippen LogP contribution in [-0.2, 0) is 0 Å². The Kier molecular flexibility index (Phi) is 4.22. The first-order valence-electron chi connectivity index (χ1n) is 3.93. The zero-order chi connectivity index (χ0) is 9.84. The van der Waals surface area contributed by atoms with Gasteiger partial charge in [-0.25, -0.2) is 0 Å². The Morgan fingerprint density at radius 1 is 1.38 bits per heavy atom. The number of hydrogen-bond acceptors (Lipinski definition) is 2. The lowest BCUT2D eigenvalue weighted by molar-refractivity contribution is 0.293. The summed E-state index contributed by atoms with van der Waals surface area (Å²) in [7, 11) is 0. The van der Waals surface area contributed by atoms with E-state index in [2.05, 4.69) is 31.9 Å². The van der Waals surface area contributed by atoms with Crippen molar-refractivity contribution in [2.75, 3.05) is 6.61 Å². The molecule has 4 heteroatoms. The quantitative estimate of drug-likeness (QED) is 0.932. The van der Waals surface area contributed by atoms with Crippen molar-refractivity contribution in [3.63, 3.8) is 0 Å². The van der Waals surface area contributed by atoms with Crippen LogP contribution in [0.2, 0.25) is 0 Å². The largest absolute Gasteiger partial charge is 0.490 e. The molecule has 0 bridgehead atoms. The van der Waals surface area contributed by atoms with Crippen LogP contribution >= 0.6 is 31.9 Å². The monoisotopic (exact) mass is 307 g/mol. The first kappa shape index (κ1) is 11.0. The van der Waals surface area contributed by atoms with Gasteiger partial charge < -0.3 is 10.5 Å². The third-order valence-corrected chi connectivity index (χ3v) is 2.66. The van der Waals surface area contributed by atoms with Crippen molar-refractivity contribution in [1.29, 1.82) is 0 Å². The van der Waals surface area contributed by atoms with Gasteiger partial charge in [-0.3, -0.25) is 0 Å². The van der Waals surface area contributed by atoms with Gasteiger partial charge in [0.2, 0.25) is 0 Å². The predicted molar refractivity (Wildman–Crippen MR) is 61.0 cm³/mol. The zero-order valence-electron chi connectivity index (χ0n) is 7.26. The van der Waals surface area contributed by atoms with Crippen LogP contribution in [0.25, 0.3) is 0 Å². The van der Waals surface area contributed by atoms with E-state index in [4.69, 9.17) is 10.5 Å². The third-order valence-electron chi connectivity index (χ3n) is 1.41. The van der Waals surface area contributed by atoms with E-state index in [0.29, 0.717) is 6.61 Å². The second-order valence-electron chi connectivity index (χ2n) is 2.84. The Morgan fingerprint density at radius 3 is 2.38 bits per heavy atom. The van der Waals surface area contributed by atoms with Crippen molar-refractivity contribution in [2.24, 2.45) is 5.73 Å². The summed E-state index contributed by atoms with van der Waals surface area (Å²) in [5, 5.41) is 0. The van der Waals surface area contributed by atoms with Gasteiger partial charge in [0, 0.05) is 6.04 Å². The lowest BCUT2D eigenvalue weighted by Crippen LogP contribution is -2.23. The number of para-hydroxylation sites is 1. The van der Waals surface area contributed by atoms with E-state index < -0.39 is 0 Å². The maximum absolute atomic E-state index is 5.58. The lowest BCUT2D eigenvalue weighted by atomic mass is 10.3. The zero-order valence-corrected chi connectivity index (χ0v) is 10.4. The molecule has 13 heavy (non-hydrogen) atoms. The second-order valence-corrected chi connectivity index (χ2v) is 4.55. The molecule has 2 N–H and O–H groups in total. The summed E-state index contributed by atoms with van der Waals surface area (Å²) < 4.78 is 7.38. The molecule has 1 unspecified atom stereocenters. The van der Waals surface area contributed by atoms with Crippen molar-refractivity contribution < 1.29 is 4.74 Å². The topological polar surface area (TPSA) is 35.2 Å². The van der Waals surface area contributed by atoms with Gasteiger partial charge in [0.15, 0.2) is 0 Å².